The monoisotopic (exact) mass is 223 g/mol. The van der Waals surface area contributed by atoms with Crippen molar-refractivity contribution in [1.82, 2.24) is 5.32 Å². The second-order valence-electron chi connectivity index (χ2n) is 4.65. The summed E-state index contributed by atoms with van der Waals surface area (Å²) < 4.78 is 13.2. The van der Waals surface area contributed by atoms with Crippen molar-refractivity contribution < 1.29 is 9.50 Å². The van der Waals surface area contributed by atoms with Crippen molar-refractivity contribution in [3.8, 4) is 5.75 Å². The number of hydrogen-bond acceptors (Lipinski definition) is 2. The largest absolute Gasteiger partial charge is 0.507 e. The van der Waals surface area contributed by atoms with Crippen LogP contribution in [0, 0.1) is 18.7 Å². The van der Waals surface area contributed by atoms with Crippen molar-refractivity contribution in [2.24, 2.45) is 5.92 Å². The lowest BCUT2D eigenvalue weighted by atomic mass is 9.91. The van der Waals surface area contributed by atoms with E-state index in [1.54, 1.807) is 6.92 Å². The second kappa shape index (κ2) is 4.83. The third kappa shape index (κ3) is 2.53. The molecule has 88 valence electrons. The van der Waals surface area contributed by atoms with Crippen LogP contribution in [0.4, 0.5) is 4.39 Å². The molecule has 0 spiro atoms. The van der Waals surface area contributed by atoms with Crippen molar-refractivity contribution in [2.45, 2.75) is 26.2 Å². The number of hydrogen-bond donors (Lipinski definition) is 2. The molecular weight excluding hydrogens is 205 g/mol. The van der Waals surface area contributed by atoms with E-state index in [9.17, 15) is 9.50 Å². The average molecular weight is 223 g/mol. The van der Waals surface area contributed by atoms with Crippen LogP contribution in [-0.2, 0) is 6.42 Å². The highest BCUT2D eigenvalue weighted by molar-refractivity contribution is 5.40. The standard InChI is InChI=1S/C13H18FNO/c1-9-5-12(14)7-11(13(9)16)6-10-3-2-4-15-8-10/h5,7,10,15-16H,2-4,6,8H2,1H3. The summed E-state index contributed by atoms with van der Waals surface area (Å²) in [5.41, 5.74) is 1.37. The summed E-state index contributed by atoms with van der Waals surface area (Å²) in [6.07, 6.45) is 3.08. The first-order chi connectivity index (χ1) is 7.66. The lowest BCUT2D eigenvalue weighted by Crippen LogP contribution is -2.30. The molecule has 2 N–H and O–H groups in total. The van der Waals surface area contributed by atoms with Crippen molar-refractivity contribution in [3.05, 3.63) is 29.1 Å². The normalized spacial score (nSPS) is 21.0. The number of rotatable bonds is 2. The number of halogens is 1. The molecule has 1 aliphatic heterocycles. The summed E-state index contributed by atoms with van der Waals surface area (Å²) in [5, 5.41) is 13.2. The summed E-state index contributed by atoms with van der Waals surface area (Å²) in [6, 6.07) is 2.83. The summed E-state index contributed by atoms with van der Waals surface area (Å²) in [4.78, 5) is 0. The molecule has 0 aromatic heterocycles. The van der Waals surface area contributed by atoms with E-state index in [4.69, 9.17) is 0 Å². The fourth-order valence-electron chi connectivity index (χ4n) is 2.37. The van der Waals surface area contributed by atoms with E-state index in [1.807, 2.05) is 0 Å². The highest BCUT2D eigenvalue weighted by atomic mass is 19.1. The van der Waals surface area contributed by atoms with Crippen LogP contribution in [-0.4, -0.2) is 18.2 Å². The molecule has 0 amide bonds. The van der Waals surface area contributed by atoms with Gasteiger partial charge in [-0.15, -0.1) is 0 Å². The molecule has 1 heterocycles. The van der Waals surface area contributed by atoms with E-state index in [0.29, 0.717) is 11.5 Å². The van der Waals surface area contributed by atoms with Gasteiger partial charge in [-0.25, -0.2) is 4.39 Å². The van der Waals surface area contributed by atoms with E-state index in [0.717, 1.165) is 31.5 Å². The smallest absolute Gasteiger partial charge is 0.124 e. The second-order valence-corrected chi connectivity index (χ2v) is 4.65. The van der Waals surface area contributed by atoms with E-state index in [2.05, 4.69) is 5.32 Å². The first-order valence-corrected chi connectivity index (χ1v) is 5.85. The van der Waals surface area contributed by atoms with Crippen LogP contribution in [0.1, 0.15) is 24.0 Å². The Morgan fingerprint density at radius 2 is 2.31 bits per heavy atom. The predicted molar refractivity (Wildman–Crippen MR) is 62.1 cm³/mol. The Labute approximate surface area is 95.5 Å². The van der Waals surface area contributed by atoms with Crippen molar-refractivity contribution >= 4 is 0 Å². The van der Waals surface area contributed by atoms with Crippen LogP contribution >= 0.6 is 0 Å². The first-order valence-electron chi connectivity index (χ1n) is 5.85. The Morgan fingerprint density at radius 1 is 1.50 bits per heavy atom. The van der Waals surface area contributed by atoms with Gasteiger partial charge in [-0.2, -0.15) is 0 Å². The molecule has 3 heteroatoms. The molecule has 2 nitrogen and oxygen atoms in total. The van der Waals surface area contributed by atoms with Gasteiger partial charge in [0.1, 0.15) is 11.6 Å². The molecular formula is C13H18FNO. The Hall–Kier alpha value is -1.09. The molecule has 1 atom stereocenters. The maximum Gasteiger partial charge on any atom is 0.124 e. The third-order valence-electron chi connectivity index (χ3n) is 3.25. The zero-order valence-corrected chi connectivity index (χ0v) is 9.59. The highest BCUT2D eigenvalue weighted by Crippen LogP contribution is 2.27. The predicted octanol–water partition coefficient (Wildman–Crippen LogP) is 2.38. The molecule has 0 saturated carbocycles. The number of piperidine rings is 1. The van der Waals surface area contributed by atoms with Crippen molar-refractivity contribution in [3.63, 3.8) is 0 Å². The molecule has 0 aliphatic carbocycles. The SMILES string of the molecule is Cc1cc(F)cc(CC2CCCNC2)c1O. The highest BCUT2D eigenvalue weighted by Gasteiger charge is 2.16. The zero-order chi connectivity index (χ0) is 11.5. The van der Waals surface area contributed by atoms with Gasteiger partial charge in [0.2, 0.25) is 0 Å². The minimum atomic E-state index is -0.255. The van der Waals surface area contributed by atoms with E-state index < -0.39 is 0 Å². The van der Waals surface area contributed by atoms with E-state index in [1.165, 1.54) is 18.6 Å². The fraction of sp³-hybridized carbons (Fsp3) is 0.538. The number of aromatic hydroxyl groups is 1. The van der Waals surface area contributed by atoms with Gasteiger partial charge in [0.15, 0.2) is 0 Å². The molecule has 1 aliphatic rings. The van der Waals surface area contributed by atoms with Crippen LogP contribution in [0.5, 0.6) is 5.75 Å². The molecule has 16 heavy (non-hydrogen) atoms. The van der Waals surface area contributed by atoms with Crippen LogP contribution in [0.25, 0.3) is 0 Å². The van der Waals surface area contributed by atoms with Crippen LogP contribution in [0.3, 0.4) is 0 Å². The van der Waals surface area contributed by atoms with Crippen LogP contribution in [0.2, 0.25) is 0 Å². The van der Waals surface area contributed by atoms with E-state index >= 15 is 0 Å². The lowest BCUT2D eigenvalue weighted by Gasteiger charge is -2.23. The Morgan fingerprint density at radius 3 is 3.00 bits per heavy atom. The quantitative estimate of drug-likeness (QED) is 0.806. The number of benzene rings is 1. The topological polar surface area (TPSA) is 32.3 Å². The van der Waals surface area contributed by atoms with Gasteiger partial charge in [0, 0.05) is 0 Å². The van der Waals surface area contributed by atoms with Crippen LogP contribution < -0.4 is 5.32 Å². The minimum absolute atomic E-state index is 0.255. The number of aryl methyl sites for hydroxylation is 1. The summed E-state index contributed by atoms with van der Waals surface area (Å²) in [5.74, 6) is 0.516. The fourth-order valence-corrected chi connectivity index (χ4v) is 2.37. The van der Waals surface area contributed by atoms with Crippen molar-refractivity contribution in [2.75, 3.05) is 13.1 Å². The maximum atomic E-state index is 13.2. The van der Waals surface area contributed by atoms with Gasteiger partial charge in [0.25, 0.3) is 0 Å². The van der Waals surface area contributed by atoms with Gasteiger partial charge in [-0.05, 0) is 68.5 Å². The number of nitrogens with one attached hydrogen (secondary N) is 1. The first kappa shape index (κ1) is 11.4. The van der Waals surface area contributed by atoms with E-state index in [-0.39, 0.29) is 11.6 Å². The number of phenols is 1. The lowest BCUT2D eigenvalue weighted by molar-refractivity contribution is 0.368. The number of phenolic OH excluding ortho intramolecular Hbond substituents is 1. The molecule has 0 bridgehead atoms. The molecule has 1 aromatic rings. The Kier molecular flexibility index (Phi) is 3.44. The van der Waals surface area contributed by atoms with Gasteiger partial charge in [0.05, 0.1) is 0 Å². The Bertz CT molecular complexity index is 372. The van der Waals surface area contributed by atoms with Crippen LogP contribution in [0.15, 0.2) is 12.1 Å². The van der Waals surface area contributed by atoms with Gasteiger partial charge < -0.3 is 10.4 Å². The summed E-state index contributed by atoms with van der Waals surface area (Å²) >= 11 is 0. The molecule has 0 radical (unpaired) electrons. The zero-order valence-electron chi connectivity index (χ0n) is 9.59. The molecule has 1 saturated heterocycles. The van der Waals surface area contributed by atoms with Gasteiger partial charge in [-0.1, -0.05) is 0 Å². The van der Waals surface area contributed by atoms with Gasteiger partial charge in [-0.3, -0.25) is 0 Å². The van der Waals surface area contributed by atoms with Crippen molar-refractivity contribution in [1.29, 1.82) is 0 Å². The average Bonchev–Trinajstić information content (AvgIpc) is 2.27. The summed E-state index contributed by atoms with van der Waals surface area (Å²) in [7, 11) is 0. The molecule has 1 unspecified atom stereocenters. The molecule has 1 fully saturated rings. The Balaban J connectivity index is 2.13. The molecule has 1 aromatic carbocycles. The third-order valence-corrected chi connectivity index (χ3v) is 3.25. The summed E-state index contributed by atoms with van der Waals surface area (Å²) in [6.45, 7) is 3.78. The minimum Gasteiger partial charge on any atom is -0.507 e. The molecule has 2 rings (SSSR count). The van der Waals surface area contributed by atoms with Gasteiger partial charge >= 0.3 is 0 Å². The maximum absolute atomic E-state index is 13.2.